The maximum atomic E-state index is 11.9. The average Bonchev–Trinajstić information content (AvgIpc) is 2.73. The number of nitrogens with one attached hydrogen (secondary N) is 3. The van der Waals surface area contributed by atoms with E-state index in [1.54, 1.807) is 6.07 Å². The lowest BCUT2D eigenvalue weighted by Gasteiger charge is -2.32. The molecule has 4 N–H and O–H groups in total. The van der Waals surface area contributed by atoms with E-state index >= 15 is 0 Å². The molecule has 1 aliphatic rings. The summed E-state index contributed by atoms with van der Waals surface area (Å²) in [6.45, 7) is 8.16. The van der Waals surface area contributed by atoms with E-state index in [9.17, 15) is 9.90 Å². The zero-order valence-corrected chi connectivity index (χ0v) is 17.8. The number of piperidine rings is 1. The molecule has 0 spiro atoms. The summed E-state index contributed by atoms with van der Waals surface area (Å²) in [4.78, 5) is 18.7. The minimum Gasteiger partial charge on any atom is -0.504 e. The van der Waals surface area contributed by atoms with Crippen LogP contribution in [0.15, 0.2) is 23.2 Å². The summed E-state index contributed by atoms with van der Waals surface area (Å²) in [6.07, 6.45) is 2.86. The number of hydrogen-bond acceptors (Lipinski definition) is 5. The van der Waals surface area contributed by atoms with Crippen LogP contribution in [-0.4, -0.2) is 67.7 Å². The van der Waals surface area contributed by atoms with Crippen LogP contribution < -0.4 is 20.7 Å². The maximum Gasteiger partial charge on any atom is 0.234 e. The van der Waals surface area contributed by atoms with Crippen molar-refractivity contribution in [3.8, 4) is 11.5 Å². The Balaban J connectivity index is 1.86. The number of rotatable bonds is 9. The number of hydrogen-bond donors (Lipinski definition) is 4. The lowest BCUT2D eigenvalue weighted by atomic mass is 10.1. The van der Waals surface area contributed by atoms with Crippen molar-refractivity contribution in [2.45, 2.75) is 45.7 Å². The van der Waals surface area contributed by atoms with Crippen LogP contribution >= 0.6 is 0 Å². The Hall–Kier alpha value is -2.48. The lowest BCUT2D eigenvalue weighted by Crippen LogP contribution is -2.50. The van der Waals surface area contributed by atoms with Crippen molar-refractivity contribution in [2.75, 3.05) is 39.8 Å². The molecule has 0 aliphatic carbocycles. The van der Waals surface area contributed by atoms with Crippen LogP contribution in [0.1, 0.15) is 38.7 Å². The third-order valence-corrected chi connectivity index (χ3v) is 4.92. The van der Waals surface area contributed by atoms with Gasteiger partial charge in [-0.25, -0.2) is 4.99 Å². The van der Waals surface area contributed by atoms with Crippen molar-refractivity contribution >= 4 is 11.9 Å². The number of nitrogens with zero attached hydrogens (tertiary/aromatic N) is 2. The predicted molar refractivity (Wildman–Crippen MR) is 115 cm³/mol. The van der Waals surface area contributed by atoms with Crippen molar-refractivity contribution in [3.05, 3.63) is 23.8 Å². The maximum absolute atomic E-state index is 11.9. The highest BCUT2D eigenvalue weighted by atomic mass is 16.5. The highest BCUT2D eigenvalue weighted by molar-refractivity contribution is 5.80. The van der Waals surface area contributed by atoms with E-state index in [-0.39, 0.29) is 11.7 Å². The van der Waals surface area contributed by atoms with E-state index < -0.39 is 0 Å². The van der Waals surface area contributed by atoms with Crippen LogP contribution in [0, 0.1) is 0 Å². The molecule has 0 atom stereocenters. The lowest BCUT2D eigenvalue weighted by molar-refractivity contribution is -0.122. The molecule has 0 bridgehead atoms. The van der Waals surface area contributed by atoms with Gasteiger partial charge in [0.15, 0.2) is 17.5 Å². The largest absolute Gasteiger partial charge is 0.504 e. The third-order valence-electron chi connectivity index (χ3n) is 4.92. The first-order chi connectivity index (χ1) is 14.1. The second-order valence-corrected chi connectivity index (χ2v) is 7.21. The van der Waals surface area contributed by atoms with Crippen LogP contribution in [0.3, 0.4) is 0 Å². The fourth-order valence-corrected chi connectivity index (χ4v) is 3.30. The van der Waals surface area contributed by atoms with E-state index in [1.165, 1.54) is 7.11 Å². The van der Waals surface area contributed by atoms with Gasteiger partial charge in [0.25, 0.3) is 0 Å². The number of carbonyl (C=O) groups is 1. The van der Waals surface area contributed by atoms with E-state index in [1.807, 2.05) is 19.1 Å². The number of aromatic hydroxyl groups is 1. The van der Waals surface area contributed by atoms with E-state index in [0.717, 1.165) is 57.0 Å². The molecule has 0 unspecified atom stereocenters. The van der Waals surface area contributed by atoms with Gasteiger partial charge in [-0.3, -0.25) is 9.69 Å². The zero-order valence-electron chi connectivity index (χ0n) is 17.8. The van der Waals surface area contributed by atoms with E-state index in [2.05, 4.69) is 32.8 Å². The second-order valence-electron chi connectivity index (χ2n) is 7.21. The number of ether oxygens (including phenoxy) is 1. The number of guanidine groups is 1. The molecular formula is C21H35N5O3. The number of benzene rings is 1. The third kappa shape index (κ3) is 7.45. The monoisotopic (exact) mass is 405 g/mol. The fourth-order valence-electron chi connectivity index (χ4n) is 3.30. The van der Waals surface area contributed by atoms with Crippen LogP contribution in [0.5, 0.6) is 11.5 Å². The molecular weight excluding hydrogens is 370 g/mol. The Morgan fingerprint density at radius 2 is 2.03 bits per heavy atom. The first-order valence-corrected chi connectivity index (χ1v) is 10.5. The van der Waals surface area contributed by atoms with Crippen LogP contribution in [0.4, 0.5) is 0 Å². The normalized spacial score (nSPS) is 15.8. The van der Waals surface area contributed by atoms with Crippen LogP contribution in [0.2, 0.25) is 0 Å². The van der Waals surface area contributed by atoms with Gasteiger partial charge >= 0.3 is 0 Å². The van der Waals surface area contributed by atoms with Gasteiger partial charge in [-0.05, 0) is 32.3 Å². The summed E-state index contributed by atoms with van der Waals surface area (Å²) >= 11 is 0. The summed E-state index contributed by atoms with van der Waals surface area (Å²) in [5, 5.41) is 19.9. The molecule has 8 heteroatoms. The molecule has 1 heterocycles. The first-order valence-electron chi connectivity index (χ1n) is 10.5. The van der Waals surface area contributed by atoms with E-state index in [4.69, 9.17) is 4.74 Å². The Morgan fingerprint density at radius 3 is 2.69 bits per heavy atom. The molecule has 8 nitrogen and oxygen atoms in total. The van der Waals surface area contributed by atoms with Gasteiger partial charge in [0, 0.05) is 37.8 Å². The van der Waals surface area contributed by atoms with Gasteiger partial charge < -0.3 is 25.8 Å². The number of aliphatic imine (C=N–C) groups is 1. The number of phenolic OH excluding ortho intramolecular Hbond substituents is 1. The van der Waals surface area contributed by atoms with Crippen LogP contribution in [0.25, 0.3) is 0 Å². The van der Waals surface area contributed by atoms with Crippen molar-refractivity contribution in [2.24, 2.45) is 4.99 Å². The Kier molecular flexibility index (Phi) is 9.56. The zero-order chi connectivity index (χ0) is 21.1. The van der Waals surface area contributed by atoms with Crippen LogP contribution in [-0.2, 0) is 11.3 Å². The van der Waals surface area contributed by atoms with Gasteiger partial charge in [0.1, 0.15) is 0 Å². The summed E-state index contributed by atoms with van der Waals surface area (Å²) in [5.74, 6) is 1.41. The number of likely N-dealkylation sites (tertiary alicyclic amines) is 1. The Morgan fingerprint density at radius 1 is 1.28 bits per heavy atom. The SMILES string of the molecule is CCCNC(=O)CN1CCC(NC(=NCc2cccc(OC)c2O)NCC)CC1. The van der Waals surface area contributed by atoms with Gasteiger partial charge in [-0.1, -0.05) is 19.1 Å². The molecule has 1 saturated heterocycles. The molecule has 1 aliphatic heterocycles. The number of amides is 1. The highest BCUT2D eigenvalue weighted by Gasteiger charge is 2.21. The average molecular weight is 406 g/mol. The molecule has 29 heavy (non-hydrogen) atoms. The molecule has 1 aromatic rings. The number of methoxy groups -OCH3 is 1. The van der Waals surface area contributed by atoms with E-state index in [0.29, 0.717) is 24.9 Å². The minimum absolute atomic E-state index is 0.103. The smallest absolute Gasteiger partial charge is 0.234 e. The van der Waals surface area contributed by atoms with Crippen molar-refractivity contribution in [3.63, 3.8) is 0 Å². The van der Waals surface area contributed by atoms with Gasteiger partial charge in [-0.15, -0.1) is 0 Å². The van der Waals surface area contributed by atoms with Gasteiger partial charge in [-0.2, -0.15) is 0 Å². The molecule has 1 aromatic carbocycles. The Bertz CT molecular complexity index is 672. The quantitative estimate of drug-likeness (QED) is 0.367. The summed E-state index contributed by atoms with van der Waals surface area (Å²) in [5.41, 5.74) is 0.717. The molecule has 1 fully saturated rings. The standard InChI is InChI=1S/C21H35N5O3/c1-4-11-23-19(27)15-26-12-9-17(10-13-26)25-21(22-5-2)24-14-16-7-6-8-18(29-3)20(16)28/h6-8,17,28H,4-5,9-15H2,1-3H3,(H,23,27)(H2,22,24,25). The van der Waals surface area contributed by atoms with Gasteiger partial charge in [0.05, 0.1) is 20.2 Å². The highest BCUT2D eigenvalue weighted by Crippen LogP contribution is 2.29. The molecule has 0 saturated carbocycles. The number of phenols is 1. The summed E-state index contributed by atoms with van der Waals surface area (Å²) < 4.78 is 5.16. The molecule has 2 rings (SSSR count). The number of para-hydroxylation sites is 1. The topological polar surface area (TPSA) is 98.2 Å². The minimum atomic E-state index is 0.103. The summed E-state index contributed by atoms with van der Waals surface area (Å²) in [6, 6.07) is 5.72. The molecule has 162 valence electrons. The number of carbonyl (C=O) groups excluding carboxylic acids is 1. The van der Waals surface area contributed by atoms with Crippen molar-refractivity contribution < 1.29 is 14.6 Å². The van der Waals surface area contributed by atoms with Gasteiger partial charge in [0.2, 0.25) is 5.91 Å². The van der Waals surface area contributed by atoms with Crippen molar-refractivity contribution in [1.29, 1.82) is 0 Å². The fraction of sp³-hybridized carbons (Fsp3) is 0.619. The second kappa shape index (κ2) is 12.2. The molecule has 0 radical (unpaired) electrons. The molecule has 0 aromatic heterocycles. The first kappa shape index (κ1) is 22.8. The molecule has 1 amide bonds. The summed E-state index contributed by atoms with van der Waals surface area (Å²) in [7, 11) is 1.54. The Labute approximate surface area is 173 Å². The predicted octanol–water partition coefficient (Wildman–Crippen LogP) is 1.45. The van der Waals surface area contributed by atoms with Crippen molar-refractivity contribution in [1.82, 2.24) is 20.9 Å².